The first kappa shape index (κ1) is 25.0. The number of benzene rings is 2. The molecule has 0 saturated heterocycles. The first-order valence-electron chi connectivity index (χ1n) is 12.5. The Bertz CT molecular complexity index is 1370. The van der Waals surface area contributed by atoms with Crippen molar-refractivity contribution in [1.82, 2.24) is 9.97 Å². The van der Waals surface area contributed by atoms with Crippen LogP contribution in [0.25, 0.3) is 10.2 Å². The van der Waals surface area contributed by atoms with Crippen molar-refractivity contribution in [1.29, 1.82) is 0 Å². The smallest absolute Gasteiger partial charge is 0.340 e. The monoisotopic (exact) mass is 515 g/mol. The fourth-order valence-electron chi connectivity index (χ4n) is 4.73. The molecule has 5 rings (SSSR count). The number of nitrogens with one attached hydrogen (secondary N) is 1. The van der Waals surface area contributed by atoms with E-state index in [0.717, 1.165) is 47.5 Å². The highest BCUT2D eigenvalue weighted by Crippen LogP contribution is 2.40. The van der Waals surface area contributed by atoms with Gasteiger partial charge in [0.05, 0.1) is 40.2 Å². The summed E-state index contributed by atoms with van der Waals surface area (Å²) in [5.74, 6) is 0.0380. The highest BCUT2D eigenvalue weighted by molar-refractivity contribution is 7.18. The second-order valence-electron chi connectivity index (χ2n) is 9.30. The Morgan fingerprint density at radius 2 is 1.81 bits per heavy atom. The minimum atomic E-state index is -0.524. The molecule has 0 bridgehead atoms. The number of hydrogen-bond acceptors (Lipinski definition) is 7. The highest BCUT2D eigenvalue weighted by Gasteiger charge is 2.26. The van der Waals surface area contributed by atoms with Gasteiger partial charge in [-0.3, -0.25) is 9.78 Å². The highest BCUT2D eigenvalue weighted by atomic mass is 32.1. The minimum Gasteiger partial charge on any atom is -0.465 e. The summed E-state index contributed by atoms with van der Waals surface area (Å²) in [6.45, 7) is 1.43. The van der Waals surface area contributed by atoms with Crippen molar-refractivity contribution in [3.05, 3.63) is 88.7 Å². The largest absolute Gasteiger partial charge is 0.465 e. The average molecular weight is 516 g/mol. The molecule has 0 unspecified atom stereocenters. The van der Waals surface area contributed by atoms with Crippen molar-refractivity contribution >= 4 is 39.1 Å². The topological polar surface area (TPSA) is 90.4 Å². The average Bonchev–Trinajstić information content (AvgIpc) is 3.36. The van der Waals surface area contributed by atoms with Crippen LogP contribution < -0.4 is 5.32 Å². The molecule has 1 aliphatic carbocycles. The van der Waals surface area contributed by atoms with E-state index in [1.54, 1.807) is 41.8 Å². The standard InChI is InChI=1S/C29H29N3O4S/c1-35-29(34)22-15-25-26(16-24(22)31-27(33)23-9-5-6-14-30-23)37-28(32-25)21-12-10-20(11-13-21)18-36-17-19-7-3-2-4-8-19/h2-9,14-16,20-21H,10-13,17-18H2,1H3,(H,31,33). The van der Waals surface area contributed by atoms with E-state index in [1.165, 1.54) is 12.7 Å². The fraction of sp³-hybridized carbons (Fsp3) is 0.310. The number of anilines is 1. The maximum Gasteiger partial charge on any atom is 0.340 e. The van der Waals surface area contributed by atoms with Gasteiger partial charge in [-0.15, -0.1) is 11.3 Å². The number of methoxy groups -OCH3 is 1. The summed E-state index contributed by atoms with van der Waals surface area (Å²) in [4.78, 5) is 34.2. The number of pyridine rings is 1. The predicted octanol–water partition coefficient (Wildman–Crippen LogP) is 6.22. The van der Waals surface area contributed by atoms with Gasteiger partial charge in [0, 0.05) is 18.7 Å². The van der Waals surface area contributed by atoms with Gasteiger partial charge in [-0.2, -0.15) is 0 Å². The number of carbonyl (C=O) groups is 2. The summed E-state index contributed by atoms with van der Waals surface area (Å²) < 4.78 is 11.9. The van der Waals surface area contributed by atoms with Crippen LogP contribution in [0, 0.1) is 5.92 Å². The quantitative estimate of drug-likeness (QED) is 0.280. The molecule has 7 nitrogen and oxygen atoms in total. The summed E-state index contributed by atoms with van der Waals surface area (Å²) in [7, 11) is 1.32. The number of ether oxygens (including phenoxy) is 2. The fourth-order valence-corrected chi connectivity index (χ4v) is 5.88. The van der Waals surface area contributed by atoms with Crippen molar-refractivity contribution in [3.63, 3.8) is 0 Å². The number of thiazole rings is 1. The molecular weight excluding hydrogens is 486 g/mol. The number of hydrogen-bond donors (Lipinski definition) is 1. The Labute approximate surface area is 219 Å². The number of esters is 1. The van der Waals surface area contributed by atoms with Gasteiger partial charge >= 0.3 is 5.97 Å². The van der Waals surface area contributed by atoms with Crippen LogP contribution in [0.2, 0.25) is 0 Å². The second kappa shape index (κ2) is 11.6. The van der Waals surface area contributed by atoms with Crippen molar-refractivity contribution in [2.45, 2.75) is 38.2 Å². The molecule has 1 saturated carbocycles. The van der Waals surface area contributed by atoms with Gasteiger partial charge in [0.2, 0.25) is 0 Å². The lowest BCUT2D eigenvalue weighted by atomic mass is 9.83. The van der Waals surface area contributed by atoms with E-state index in [9.17, 15) is 9.59 Å². The predicted molar refractivity (Wildman–Crippen MR) is 144 cm³/mol. The Balaban J connectivity index is 1.26. The van der Waals surface area contributed by atoms with Gasteiger partial charge in [0.1, 0.15) is 5.69 Å². The molecular formula is C29H29N3O4S. The summed E-state index contributed by atoms with van der Waals surface area (Å²) >= 11 is 1.62. The molecule has 2 aromatic heterocycles. The van der Waals surface area contributed by atoms with Crippen molar-refractivity contribution in [2.75, 3.05) is 19.0 Å². The molecule has 190 valence electrons. The zero-order valence-corrected chi connectivity index (χ0v) is 21.5. The van der Waals surface area contributed by atoms with E-state index in [0.29, 0.717) is 24.1 Å². The zero-order chi connectivity index (χ0) is 25.6. The normalized spacial score (nSPS) is 17.4. The molecule has 1 fully saturated rings. The maximum atomic E-state index is 12.7. The first-order chi connectivity index (χ1) is 18.1. The van der Waals surface area contributed by atoms with E-state index in [-0.39, 0.29) is 17.2 Å². The lowest BCUT2D eigenvalue weighted by molar-refractivity contribution is 0.0602. The third kappa shape index (κ3) is 6.03. The maximum absolute atomic E-state index is 12.7. The lowest BCUT2D eigenvalue weighted by Crippen LogP contribution is -2.17. The molecule has 0 radical (unpaired) electrons. The van der Waals surface area contributed by atoms with Gasteiger partial charge < -0.3 is 14.8 Å². The molecule has 0 spiro atoms. The van der Waals surface area contributed by atoms with Gasteiger partial charge in [-0.05, 0) is 61.4 Å². The Morgan fingerprint density at radius 1 is 1.03 bits per heavy atom. The second-order valence-corrected chi connectivity index (χ2v) is 10.4. The van der Waals surface area contributed by atoms with Gasteiger partial charge in [0.25, 0.3) is 5.91 Å². The number of nitrogens with zero attached hydrogens (tertiary/aromatic N) is 2. The van der Waals surface area contributed by atoms with Crippen molar-refractivity contribution < 1.29 is 19.1 Å². The molecule has 0 atom stereocenters. The molecule has 2 aromatic carbocycles. The number of aromatic nitrogens is 2. The zero-order valence-electron chi connectivity index (χ0n) is 20.7. The van der Waals surface area contributed by atoms with E-state index in [1.807, 2.05) is 24.3 Å². The Kier molecular flexibility index (Phi) is 7.87. The van der Waals surface area contributed by atoms with Crippen LogP contribution in [0.3, 0.4) is 0 Å². The number of carbonyl (C=O) groups excluding carboxylic acids is 2. The lowest BCUT2D eigenvalue weighted by Gasteiger charge is -2.27. The van der Waals surface area contributed by atoms with Gasteiger partial charge in [-0.1, -0.05) is 36.4 Å². The number of fused-ring (bicyclic) bond motifs is 1. The van der Waals surface area contributed by atoms with E-state index < -0.39 is 5.97 Å². The van der Waals surface area contributed by atoms with Crippen LogP contribution in [0.1, 0.15) is 63.0 Å². The molecule has 0 aliphatic heterocycles. The van der Waals surface area contributed by atoms with Crippen LogP contribution in [0.4, 0.5) is 5.69 Å². The van der Waals surface area contributed by atoms with E-state index >= 15 is 0 Å². The van der Waals surface area contributed by atoms with Gasteiger partial charge in [0.15, 0.2) is 0 Å². The third-order valence-corrected chi connectivity index (χ3v) is 7.94. The summed E-state index contributed by atoms with van der Waals surface area (Å²) in [6.07, 6.45) is 5.89. The van der Waals surface area contributed by atoms with Crippen LogP contribution in [0.5, 0.6) is 0 Å². The van der Waals surface area contributed by atoms with Crippen LogP contribution in [0.15, 0.2) is 66.9 Å². The van der Waals surface area contributed by atoms with Gasteiger partial charge in [-0.25, -0.2) is 9.78 Å². The van der Waals surface area contributed by atoms with Crippen LogP contribution in [-0.4, -0.2) is 35.6 Å². The molecule has 2 heterocycles. The first-order valence-corrected chi connectivity index (χ1v) is 13.3. The Hall–Kier alpha value is -3.62. The molecule has 37 heavy (non-hydrogen) atoms. The Morgan fingerprint density at radius 3 is 2.54 bits per heavy atom. The SMILES string of the molecule is COC(=O)c1cc2nc(C3CCC(COCc4ccccc4)CC3)sc2cc1NC(=O)c1ccccn1. The summed E-state index contributed by atoms with van der Waals surface area (Å²) in [5, 5.41) is 3.89. The van der Waals surface area contributed by atoms with E-state index in [4.69, 9.17) is 14.5 Å². The van der Waals surface area contributed by atoms with Crippen molar-refractivity contribution in [2.24, 2.45) is 5.92 Å². The summed E-state index contributed by atoms with van der Waals surface area (Å²) in [5.41, 5.74) is 2.88. The molecule has 1 aliphatic rings. The molecule has 1 amide bonds. The van der Waals surface area contributed by atoms with Crippen LogP contribution in [-0.2, 0) is 16.1 Å². The van der Waals surface area contributed by atoms with E-state index in [2.05, 4.69) is 22.4 Å². The third-order valence-electron chi connectivity index (χ3n) is 6.76. The molecule has 4 aromatic rings. The molecule has 1 N–H and O–H groups in total. The van der Waals surface area contributed by atoms with Crippen molar-refractivity contribution in [3.8, 4) is 0 Å². The minimum absolute atomic E-state index is 0.271. The summed E-state index contributed by atoms with van der Waals surface area (Å²) in [6, 6.07) is 18.9. The molecule has 8 heteroatoms. The van der Waals surface area contributed by atoms with Crippen LogP contribution >= 0.6 is 11.3 Å². The number of amides is 1. The number of rotatable bonds is 8.